The number of nitrogens with zero attached hydrogens (tertiary/aromatic N) is 5. The summed E-state index contributed by atoms with van der Waals surface area (Å²) in [6.45, 7) is 1.36. The molecule has 0 unspecified atom stereocenters. The van der Waals surface area contributed by atoms with Crippen LogP contribution in [0.3, 0.4) is 0 Å². The maximum absolute atomic E-state index is 12.6. The number of benzene rings is 1. The Bertz CT molecular complexity index is 932. The zero-order valence-electron chi connectivity index (χ0n) is 14.3. The second kappa shape index (κ2) is 7.31. The van der Waals surface area contributed by atoms with Crippen LogP contribution in [-0.2, 0) is 17.8 Å². The lowest BCUT2D eigenvalue weighted by Gasteiger charge is -2.27. The van der Waals surface area contributed by atoms with E-state index in [1.54, 1.807) is 27.9 Å². The second-order valence-corrected chi connectivity index (χ2v) is 6.22. The number of aryl methyl sites for hydroxylation is 1. The summed E-state index contributed by atoms with van der Waals surface area (Å²) in [6.07, 6.45) is 8.71. The first kappa shape index (κ1) is 16.2. The lowest BCUT2D eigenvalue weighted by molar-refractivity contribution is -0.114. The Morgan fingerprint density at radius 1 is 1.15 bits per heavy atom. The van der Waals surface area contributed by atoms with Gasteiger partial charge in [-0.1, -0.05) is 35.5 Å². The molecule has 1 aliphatic heterocycles. The van der Waals surface area contributed by atoms with Crippen molar-refractivity contribution in [2.75, 3.05) is 11.4 Å². The van der Waals surface area contributed by atoms with E-state index in [9.17, 15) is 4.79 Å². The molecule has 0 spiro atoms. The predicted molar refractivity (Wildman–Crippen MR) is 99.5 cm³/mol. The average Bonchev–Trinajstić information content (AvgIpc) is 3.14. The molecule has 0 radical (unpaired) electrons. The van der Waals surface area contributed by atoms with Crippen LogP contribution in [0.15, 0.2) is 60.9 Å². The van der Waals surface area contributed by atoms with E-state index in [-0.39, 0.29) is 5.91 Å². The standard InChI is InChI=1S/C20H19N5O/c26-20(25-13-5-8-18-19(25)9-4-12-21-18)11-10-17-15-24(23-22-17)14-16-6-2-1-3-7-16/h1-4,6-7,9-12,15H,5,8,13-14H2/b11-10+. The lowest BCUT2D eigenvalue weighted by atomic mass is 10.1. The highest BCUT2D eigenvalue weighted by molar-refractivity contribution is 6.04. The summed E-state index contributed by atoms with van der Waals surface area (Å²) < 4.78 is 1.76. The van der Waals surface area contributed by atoms with Gasteiger partial charge in [0.1, 0.15) is 5.69 Å². The Balaban J connectivity index is 1.45. The first-order valence-corrected chi connectivity index (χ1v) is 8.67. The molecule has 4 rings (SSSR count). The number of hydrogen-bond acceptors (Lipinski definition) is 4. The van der Waals surface area contributed by atoms with Crippen LogP contribution >= 0.6 is 0 Å². The molecule has 2 aromatic heterocycles. The van der Waals surface area contributed by atoms with E-state index in [1.165, 1.54) is 0 Å². The molecule has 6 heteroatoms. The summed E-state index contributed by atoms with van der Waals surface area (Å²) in [5.41, 5.74) is 3.70. The van der Waals surface area contributed by atoms with Gasteiger partial charge in [0.25, 0.3) is 5.91 Å². The summed E-state index contributed by atoms with van der Waals surface area (Å²) in [7, 11) is 0. The largest absolute Gasteiger partial charge is 0.307 e. The summed E-state index contributed by atoms with van der Waals surface area (Å²) >= 11 is 0. The van der Waals surface area contributed by atoms with Crippen LogP contribution in [0.5, 0.6) is 0 Å². The number of carbonyl (C=O) groups is 1. The Hall–Kier alpha value is -3.28. The van der Waals surface area contributed by atoms with E-state index in [4.69, 9.17) is 0 Å². The third-order valence-electron chi connectivity index (χ3n) is 4.36. The van der Waals surface area contributed by atoms with Crippen molar-refractivity contribution < 1.29 is 4.79 Å². The van der Waals surface area contributed by atoms with Crippen LogP contribution in [0.1, 0.15) is 23.4 Å². The highest BCUT2D eigenvalue weighted by Crippen LogP contribution is 2.25. The van der Waals surface area contributed by atoms with Crippen LogP contribution in [0, 0.1) is 0 Å². The molecule has 0 saturated carbocycles. The molecule has 0 atom stereocenters. The van der Waals surface area contributed by atoms with Gasteiger partial charge in [-0.15, -0.1) is 5.10 Å². The van der Waals surface area contributed by atoms with Crippen LogP contribution in [0.25, 0.3) is 6.08 Å². The molecule has 0 aliphatic carbocycles. The molecular weight excluding hydrogens is 326 g/mol. The number of aromatic nitrogens is 4. The molecule has 0 bridgehead atoms. The Labute approximate surface area is 151 Å². The van der Waals surface area contributed by atoms with Crippen molar-refractivity contribution in [3.05, 3.63) is 77.9 Å². The van der Waals surface area contributed by atoms with Crippen molar-refractivity contribution >= 4 is 17.7 Å². The van der Waals surface area contributed by atoms with Crippen molar-refractivity contribution in [2.45, 2.75) is 19.4 Å². The van der Waals surface area contributed by atoms with Gasteiger partial charge in [0.2, 0.25) is 0 Å². The number of carbonyl (C=O) groups excluding carboxylic acids is 1. The van der Waals surface area contributed by atoms with E-state index in [0.29, 0.717) is 18.8 Å². The molecule has 26 heavy (non-hydrogen) atoms. The number of hydrogen-bond donors (Lipinski definition) is 0. The molecule has 3 aromatic rings. The normalized spacial score (nSPS) is 13.8. The lowest BCUT2D eigenvalue weighted by Crippen LogP contribution is -2.34. The molecule has 0 N–H and O–H groups in total. The first-order chi connectivity index (χ1) is 12.8. The molecular formula is C20H19N5O. The minimum Gasteiger partial charge on any atom is -0.307 e. The minimum absolute atomic E-state index is 0.0587. The van der Waals surface area contributed by atoms with Crippen molar-refractivity contribution in [1.82, 2.24) is 20.0 Å². The van der Waals surface area contributed by atoms with Crippen molar-refractivity contribution in [3.63, 3.8) is 0 Å². The zero-order valence-corrected chi connectivity index (χ0v) is 14.3. The third kappa shape index (κ3) is 3.54. The van der Waals surface area contributed by atoms with Crippen LogP contribution in [-0.4, -0.2) is 32.4 Å². The summed E-state index contributed by atoms with van der Waals surface area (Å²) in [5.74, 6) is -0.0587. The molecule has 6 nitrogen and oxygen atoms in total. The second-order valence-electron chi connectivity index (χ2n) is 6.22. The fourth-order valence-corrected chi connectivity index (χ4v) is 3.11. The topological polar surface area (TPSA) is 63.9 Å². The van der Waals surface area contributed by atoms with Crippen molar-refractivity contribution in [2.24, 2.45) is 0 Å². The zero-order chi connectivity index (χ0) is 17.8. The van der Waals surface area contributed by atoms with Gasteiger partial charge in [-0.2, -0.15) is 0 Å². The van der Waals surface area contributed by atoms with E-state index >= 15 is 0 Å². The van der Waals surface area contributed by atoms with Crippen molar-refractivity contribution in [1.29, 1.82) is 0 Å². The first-order valence-electron chi connectivity index (χ1n) is 8.67. The Morgan fingerprint density at radius 3 is 2.92 bits per heavy atom. The SMILES string of the molecule is O=C(/C=C/c1cn(Cc2ccccc2)nn1)N1CCCc2ncccc21. The third-order valence-corrected chi connectivity index (χ3v) is 4.36. The van der Waals surface area contributed by atoms with Crippen molar-refractivity contribution in [3.8, 4) is 0 Å². The smallest absolute Gasteiger partial charge is 0.251 e. The predicted octanol–water partition coefficient (Wildman–Crippen LogP) is 2.71. The number of pyridine rings is 1. The van der Waals surface area contributed by atoms with Gasteiger partial charge in [0.05, 0.1) is 24.1 Å². The van der Waals surface area contributed by atoms with Gasteiger partial charge >= 0.3 is 0 Å². The number of anilines is 1. The van der Waals surface area contributed by atoms with E-state index in [0.717, 1.165) is 29.8 Å². The monoisotopic (exact) mass is 345 g/mol. The van der Waals surface area contributed by atoms with Crippen LogP contribution in [0.2, 0.25) is 0 Å². The van der Waals surface area contributed by atoms with E-state index in [1.807, 2.05) is 48.7 Å². The molecule has 130 valence electrons. The summed E-state index contributed by atoms with van der Waals surface area (Å²) in [5, 5.41) is 8.24. The average molecular weight is 345 g/mol. The van der Waals surface area contributed by atoms with Crippen LogP contribution in [0.4, 0.5) is 5.69 Å². The van der Waals surface area contributed by atoms with Crippen LogP contribution < -0.4 is 4.90 Å². The fraction of sp³-hybridized carbons (Fsp3) is 0.200. The van der Waals surface area contributed by atoms with E-state index < -0.39 is 0 Å². The molecule has 0 saturated heterocycles. The number of amides is 1. The van der Waals surface area contributed by atoms with Gasteiger partial charge in [0, 0.05) is 18.8 Å². The highest BCUT2D eigenvalue weighted by Gasteiger charge is 2.21. The van der Waals surface area contributed by atoms with Gasteiger partial charge in [-0.25, -0.2) is 4.68 Å². The minimum atomic E-state index is -0.0587. The fourth-order valence-electron chi connectivity index (χ4n) is 3.11. The molecule has 1 aliphatic rings. The summed E-state index contributed by atoms with van der Waals surface area (Å²) in [4.78, 5) is 18.7. The van der Waals surface area contributed by atoms with Gasteiger partial charge in [-0.3, -0.25) is 9.78 Å². The number of rotatable bonds is 4. The summed E-state index contributed by atoms with van der Waals surface area (Å²) in [6, 6.07) is 13.9. The maximum Gasteiger partial charge on any atom is 0.251 e. The van der Waals surface area contributed by atoms with Gasteiger partial charge < -0.3 is 4.90 Å². The Morgan fingerprint density at radius 2 is 2.04 bits per heavy atom. The number of fused-ring (bicyclic) bond motifs is 1. The van der Waals surface area contributed by atoms with Gasteiger partial charge in [-0.05, 0) is 36.6 Å². The quantitative estimate of drug-likeness (QED) is 0.682. The van der Waals surface area contributed by atoms with Gasteiger partial charge in [0.15, 0.2) is 0 Å². The Kier molecular flexibility index (Phi) is 4.55. The highest BCUT2D eigenvalue weighted by atomic mass is 16.2. The molecule has 1 amide bonds. The van der Waals surface area contributed by atoms with E-state index in [2.05, 4.69) is 15.3 Å². The maximum atomic E-state index is 12.6. The molecule has 0 fully saturated rings. The molecule has 3 heterocycles. The molecule has 1 aromatic carbocycles.